The molecule has 3 aromatic rings. The Morgan fingerprint density at radius 2 is 1.86 bits per heavy atom. The molecule has 5 heteroatoms. The molecule has 1 N–H and O–H groups in total. The zero-order chi connectivity index (χ0) is 15.4. The number of amides is 1. The van der Waals surface area contributed by atoms with Gasteiger partial charge < -0.3 is 4.74 Å². The highest BCUT2D eigenvalue weighted by Gasteiger charge is 2.08. The lowest BCUT2D eigenvalue weighted by molar-refractivity contribution is 0.155. The van der Waals surface area contributed by atoms with Gasteiger partial charge in [0.15, 0.2) is 0 Å². The number of benzene rings is 2. The van der Waals surface area contributed by atoms with E-state index in [1.165, 1.54) is 0 Å². The predicted octanol–water partition coefficient (Wildman–Crippen LogP) is 4.75. The zero-order valence-corrected chi connectivity index (χ0v) is 13.2. The van der Waals surface area contributed by atoms with E-state index in [4.69, 9.17) is 4.74 Å². The van der Waals surface area contributed by atoms with Crippen LogP contribution in [0, 0.1) is 0 Å². The van der Waals surface area contributed by atoms with Crippen molar-refractivity contribution in [3.05, 3.63) is 70.8 Å². The van der Waals surface area contributed by atoms with Gasteiger partial charge in [-0.25, -0.2) is 9.78 Å². The smallest absolute Gasteiger partial charge is 0.412 e. The van der Waals surface area contributed by atoms with Gasteiger partial charge in [0.2, 0.25) is 0 Å². The summed E-state index contributed by atoms with van der Waals surface area (Å²) in [4.78, 5) is 16.3. The van der Waals surface area contributed by atoms with Crippen molar-refractivity contribution < 1.29 is 9.53 Å². The molecule has 4 nitrogen and oxygen atoms in total. The number of hydrogen-bond acceptors (Lipinski definition) is 3. The largest absolute Gasteiger partial charge is 0.444 e. The molecule has 0 aliphatic carbocycles. The topological polar surface area (TPSA) is 51.2 Å². The van der Waals surface area contributed by atoms with Crippen molar-refractivity contribution in [3.63, 3.8) is 0 Å². The third-order valence-electron chi connectivity index (χ3n) is 3.14. The van der Waals surface area contributed by atoms with Gasteiger partial charge in [-0.2, -0.15) is 0 Å². The first kappa shape index (κ1) is 14.5. The van der Waals surface area contributed by atoms with Crippen LogP contribution < -0.4 is 5.32 Å². The molecule has 0 saturated heterocycles. The molecule has 0 unspecified atom stereocenters. The van der Waals surface area contributed by atoms with Crippen LogP contribution in [0.25, 0.3) is 10.9 Å². The average molecular weight is 357 g/mol. The molecule has 1 heterocycles. The van der Waals surface area contributed by atoms with Gasteiger partial charge in [-0.1, -0.05) is 48.5 Å². The number of rotatable bonds is 3. The van der Waals surface area contributed by atoms with Gasteiger partial charge >= 0.3 is 6.09 Å². The summed E-state index contributed by atoms with van der Waals surface area (Å²) in [6.07, 6.45) is -0.502. The number of carbonyl (C=O) groups excluding carboxylic acids is 1. The number of nitrogens with one attached hydrogen (secondary N) is 1. The van der Waals surface area contributed by atoms with Crippen molar-refractivity contribution in [2.75, 3.05) is 5.32 Å². The summed E-state index contributed by atoms with van der Waals surface area (Å²) >= 11 is 3.34. The standard InChI is InChI=1S/C17H13BrN2O2/c18-15-10-9-13-7-4-8-14(16(13)20-15)19-17(21)22-11-12-5-2-1-3-6-12/h1-10H,11H2,(H,19,21). The molecule has 0 fully saturated rings. The number of carbonyl (C=O) groups is 1. The molecule has 3 rings (SSSR count). The highest BCUT2D eigenvalue weighted by Crippen LogP contribution is 2.23. The Kier molecular flexibility index (Phi) is 4.34. The summed E-state index contributed by atoms with van der Waals surface area (Å²) in [5, 5.41) is 3.69. The Labute approximate surface area is 136 Å². The van der Waals surface area contributed by atoms with Crippen molar-refractivity contribution in [2.24, 2.45) is 0 Å². The average Bonchev–Trinajstić information content (AvgIpc) is 2.54. The molecule has 0 bridgehead atoms. The Morgan fingerprint density at radius 3 is 2.68 bits per heavy atom. The van der Waals surface area contributed by atoms with Crippen LogP contribution in [-0.2, 0) is 11.3 Å². The van der Waals surface area contributed by atoms with Crippen LogP contribution >= 0.6 is 15.9 Å². The minimum absolute atomic E-state index is 0.231. The third-order valence-corrected chi connectivity index (χ3v) is 3.58. The van der Waals surface area contributed by atoms with E-state index in [1.54, 1.807) is 6.07 Å². The number of hydrogen-bond donors (Lipinski definition) is 1. The minimum Gasteiger partial charge on any atom is -0.444 e. The highest BCUT2D eigenvalue weighted by atomic mass is 79.9. The Bertz CT molecular complexity index is 806. The molecule has 0 radical (unpaired) electrons. The Balaban J connectivity index is 1.73. The van der Waals surface area contributed by atoms with E-state index in [-0.39, 0.29) is 6.61 Å². The lowest BCUT2D eigenvalue weighted by atomic mass is 10.2. The molecule has 0 atom stereocenters. The maximum atomic E-state index is 11.9. The lowest BCUT2D eigenvalue weighted by Gasteiger charge is -2.09. The number of fused-ring (bicyclic) bond motifs is 1. The fraction of sp³-hybridized carbons (Fsp3) is 0.0588. The Morgan fingerprint density at radius 1 is 1.05 bits per heavy atom. The maximum absolute atomic E-state index is 11.9. The maximum Gasteiger partial charge on any atom is 0.412 e. The van der Waals surface area contributed by atoms with Crippen molar-refractivity contribution in [1.29, 1.82) is 0 Å². The van der Waals surface area contributed by atoms with E-state index in [2.05, 4.69) is 26.2 Å². The third kappa shape index (κ3) is 3.43. The van der Waals surface area contributed by atoms with Gasteiger partial charge in [0.25, 0.3) is 0 Å². The van der Waals surface area contributed by atoms with Crippen LogP contribution in [0.15, 0.2) is 65.3 Å². The first-order chi connectivity index (χ1) is 10.7. The quantitative estimate of drug-likeness (QED) is 0.689. The van der Waals surface area contributed by atoms with Crippen LogP contribution in [0.3, 0.4) is 0 Å². The number of ether oxygens (including phenoxy) is 1. The van der Waals surface area contributed by atoms with Crippen molar-refractivity contribution in [3.8, 4) is 0 Å². The van der Waals surface area contributed by atoms with Crippen molar-refractivity contribution >= 4 is 38.6 Å². The van der Waals surface area contributed by atoms with E-state index in [0.717, 1.165) is 10.9 Å². The van der Waals surface area contributed by atoms with Crippen molar-refractivity contribution in [2.45, 2.75) is 6.61 Å². The van der Waals surface area contributed by atoms with E-state index in [9.17, 15) is 4.79 Å². The summed E-state index contributed by atoms with van der Waals surface area (Å²) in [7, 11) is 0. The highest BCUT2D eigenvalue weighted by molar-refractivity contribution is 9.10. The number of anilines is 1. The summed E-state index contributed by atoms with van der Waals surface area (Å²) in [5.41, 5.74) is 2.28. The molecule has 0 aliphatic heterocycles. The number of nitrogens with zero attached hydrogens (tertiary/aromatic N) is 1. The van der Waals surface area contributed by atoms with Crippen LogP contribution in [0.5, 0.6) is 0 Å². The van der Waals surface area contributed by atoms with Gasteiger partial charge in [0.05, 0.1) is 11.2 Å². The summed E-state index contributed by atoms with van der Waals surface area (Å²) in [5.74, 6) is 0. The SMILES string of the molecule is O=C(Nc1cccc2ccc(Br)nc12)OCc1ccccc1. The van der Waals surface area contributed by atoms with Crippen LogP contribution in [0.1, 0.15) is 5.56 Å². The van der Waals surface area contributed by atoms with Crippen molar-refractivity contribution in [1.82, 2.24) is 4.98 Å². The van der Waals surface area contributed by atoms with E-state index < -0.39 is 6.09 Å². The van der Waals surface area contributed by atoms with Crippen LogP contribution in [-0.4, -0.2) is 11.1 Å². The molecule has 2 aromatic carbocycles. The fourth-order valence-electron chi connectivity index (χ4n) is 2.09. The van der Waals surface area contributed by atoms with Gasteiger partial charge in [0.1, 0.15) is 11.2 Å². The number of pyridine rings is 1. The lowest BCUT2D eigenvalue weighted by Crippen LogP contribution is -2.14. The molecule has 0 saturated carbocycles. The molecule has 0 spiro atoms. The van der Waals surface area contributed by atoms with Gasteiger partial charge in [-0.05, 0) is 33.6 Å². The first-order valence-electron chi connectivity index (χ1n) is 6.75. The van der Waals surface area contributed by atoms with Crippen LogP contribution in [0.4, 0.5) is 10.5 Å². The molecule has 0 aliphatic rings. The molecule has 1 amide bonds. The molecule has 110 valence electrons. The van der Waals surface area contributed by atoms with Crippen LogP contribution in [0.2, 0.25) is 0 Å². The second-order valence-corrected chi connectivity index (χ2v) is 5.51. The molecule has 1 aromatic heterocycles. The molecule has 22 heavy (non-hydrogen) atoms. The van der Waals surface area contributed by atoms with E-state index >= 15 is 0 Å². The summed E-state index contributed by atoms with van der Waals surface area (Å²) in [6.45, 7) is 0.231. The molecular formula is C17H13BrN2O2. The fourth-order valence-corrected chi connectivity index (χ4v) is 2.40. The van der Waals surface area contributed by atoms with E-state index in [0.29, 0.717) is 15.8 Å². The summed E-state index contributed by atoms with van der Waals surface area (Å²) < 4.78 is 5.94. The monoisotopic (exact) mass is 356 g/mol. The van der Waals surface area contributed by atoms with Gasteiger partial charge in [-0.15, -0.1) is 0 Å². The second kappa shape index (κ2) is 6.58. The number of halogens is 1. The minimum atomic E-state index is -0.502. The number of aromatic nitrogens is 1. The Hall–Kier alpha value is -2.40. The second-order valence-electron chi connectivity index (χ2n) is 4.70. The molecular weight excluding hydrogens is 344 g/mol. The van der Waals surface area contributed by atoms with Gasteiger partial charge in [0, 0.05) is 5.39 Å². The van der Waals surface area contributed by atoms with Gasteiger partial charge in [-0.3, -0.25) is 5.32 Å². The van der Waals surface area contributed by atoms with E-state index in [1.807, 2.05) is 54.6 Å². The first-order valence-corrected chi connectivity index (χ1v) is 7.55. The zero-order valence-electron chi connectivity index (χ0n) is 11.6. The normalized spacial score (nSPS) is 10.4. The predicted molar refractivity (Wildman–Crippen MR) is 89.7 cm³/mol. The summed E-state index contributed by atoms with van der Waals surface area (Å²) in [6, 6.07) is 18.9. The number of para-hydroxylation sites is 1.